The highest BCUT2D eigenvalue weighted by molar-refractivity contribution is 8.00. The van der Waals surface area contributed by atoms with E-state index in [1.165, 1.54) is 0 Å². The fraction of sp³-hybridized carbons (Fsp3) is 0.227. The summed E-state index contributed by atoms with van der Waals surface area (Å²) in [5.74, 6) is -0.0585. The fourth-order valence-electron chi connectivity index (χ4n) is 3.26. The van der Waals surface area contributed by atoms with Gasteiger partial charge in [0.2, 0.25) is 0 Å². The van der Waals surface area contributed by atoms with Gasteiger partial charge >= 0.3 is 5.97 Å². The van der Waals surface area contributed by atoms with Crippen LogP contribution >= 0.6 is 23.1 Å². The molecule has 29 heavy (non-hydrogen) atoms. The van der Waals surface area contributed by atoms with Gasteiger partial charge in [-0.3, -0.25) is 4.79 Å². The van der Waals surface area contributed by atoms with Crippen molar-refractivity contribution in [2.45, 2.75) is 23.4 Å². The molecular formula is C22H20N2O3S2. The molecule has 2 heterocycles. The number of hydrogen-bond donors (Lipinski definition) is 0. The molecule has 3 aromatic rings. The standard InChI is InChI=1S/C22H20N2O3S2/c1-15-13-28-22(23-15)29-14-17-7-2-4-8-18(17)21(26)27-12-20(25)24-11-10-16-6-3-5-9-19(16)24/h2-9,13H,10-12,14H2,1H3. The van der Waals surface area contributed by atoms with Gasteiger partial charge in [-0.2, -0.15) is 0 Å². The number of nitrogens with zero attached hydrogens (tertiary/aromatic N) is 2. The molecule has 5 nitrogen and oxygen atoms in total. The van der Waals surface area contributed by atoms with Crippen LogP contribution in [0.15, 0.2) is 58.3 Å². The minimum Gasteiger partial charge on any atom is -0.452 e. The number of benzene rings is 2. The molecule has 0 fully saturated rings. The lowest BCUT2D eigenvalue weighted by Crippen LogP contribution is -2.33. The third kappa shape index (κ3) is 4.52. The number of rotatable bonds is 6. The molecular weight excluding hydrogens is 404 g/mol. The molecule has 0 aliphatic carbocycles. The molecule has 0 spiro atoms. The van der Waals surface area contributed by atoms with Gasteiger partial charge in [0.25, 0.3) is 5.91 Å². The number of hydrogen-bond acceptors (Lipinski definition) is 6. The molecule has 0 N–H and O–H groups in total. The average molecular weight is 425 g/mol. The van der Waals surface area contributed by atoms with Crippen LogP contribution in [0.3, 0.4) is 0 Å². The summed E-state index contributed by atoms with van der Waals surface area (Å²) < 4.78 is 6.33. The topological polar surface area (TPSA) is 59.5 Å². The third-order valence-corrected chi connectivity index (χ3v) is 6.89. The van der Waals surface area contributed by atoms with Gasteiger partial charge in [0.1, 0.15) is 4.34 Å². The number of aryl methyl sites for hydroxylation is 1. The van der Waals surface area contributed by atoms with E-state index >= 15 is 0 Å². The second-order valence-electron chi connectivity index (χ2n) is 6.70. The Morgan fingerprint density at radius 3 is 2.79 bits per heavy atom. The summed E-state index contributed by atoms with van der Waals surface area (Å²) in [5, 5.41) is 2.00. The van der Waals surface area contributed by atoms with Crippen LogP contribution in [0.5, 0.6) is 0 Å². The molecule has 0 radical (unpaired) electrons. The van der Waals surface area contributed by atoms with E-state index in [9.17, 15) is 9.59 Å². The van der Waals surface area contributed by atoms with Crippen molar-refractivity contribution in [1.82, 2.24) is 4.98 Å². The minimum atomic E-state index is -0.475. The van der Waals surface area contributed by atoms with E-state index in [1.54, 1.807) is 40.1 Å². The van der Waals surface area contributed by atoms with Crippen molar-refractivity contribution < 1.29 is 14.3 Å². The Morgan fingerprint density at radius 1 is 1.17 bits per heavy atom. The lowest BCUT2D eigenvalue weighted by atomic mass is 10.1. The van der Waals surface area contributed by atoms with Crippen LogP contribution < -0.4 is 4.90 Å². The van der Waals surface area contributed by atoms with Crippen LogP contribution in [-0.2, 0) is 21.7 Å². The zero-order valence-corrected chi connectivity index (χ0v) is 17.6. The normalized spacial score (nSPS) is 12.7. The monoisotopic (exact) mass is 424 g/mol. The summed E-state index contributed by atoms with van der Waals surface area (Å²) >= 11 is 3.18. The van der Waals surface area contributed by atoms with Crippen molar-refractivity contribution in [1.29, 1.82) is 0 Å². The second-order valence-corrected chi connectivity index (χ2v) is 8.78. The smallest absolute Gasteiger partial charge is 0.338 e. The van der Waals surface area contributed by atoms with Crippen LogP contribution in [0, 0.1) is 6.92 Å². The summed E-state index contributed by atoms with van der Waals surface area (Å²) in [4.78, 5) is 31.3. The zero-order chi connectivity index (χ0) is 20.2. The van der Waals surface area contributed by atoms with Crippen molar-refractivity contribution in [2.75, 3.05) is 18.1 Å². The van der Waals surface area contributed by atoms with Gasteiger partial charge < -0.3 is 9.64 Å². The molecule has 0 saturated carbocycles. The van der Waals surface area contributed by atoms with Gasteiger partial charge in [0, 0.05) is 29.1 Å². The van der Waals surface area contributed by atoms with Crippen LogP contribution in [0.1, 0.15) is 27.2 Å². The first kappa shape index (κ1) is 19.7. The lowest BCUT2D eigenvalue weighted by Gasteiger charge is -2.17. The van der Waals surface area contributed by atoms with Gasteiger partial charge in [-0.1, -0.05) is 48.2 Å². The largest absolute Gasteiger partial charge is 0.452 e. The number of ether oxygens (including phenoxy) is 1. The lowest BCUT2D eigenvalue weighted by molar-refractivity contribution is -0.121. The maximum Gasteiger partial charge on any atom is 0.338 e. The Morgan fingerprint density at radius 2 is 1.97 bits per heavy atom. The summed E-state index contributed by atoms with van der Waals surface area (Å²) in [6, 6.07) is 15.2. The molecule has 0 unspecified atom stereocenters. The number of carbonyl (C=O) groups is 2. The molecule has 4 rings (SSSR count). The fourth-order valence-corrected chi connectivity index (χ4v) is 5.12. The van der Waals surface area contributed by atoms with Crippen molar-refractivity contribution in [2.24, 2.45) is 0 Å². The highest BCUT2D eigenvalue weighted by Gasteiger charge is 2.25. The Balaban J connectivity index is 1.38. The van der Waals surface area contributed by atoms with Gasteiger partial charge in [0.05, 0.1) is 5.56 Å². The van der Waals surface area contributed by atoms with Crippen LogP contribution in [0.25, 0.3) is 0 Å². The molecule has 1 aromatic heterocycles. The summed E-state index contributed by atoms with van der Waals surface area (Å²) in [6.07, 6.45) is 0.826. The highest BCUT2D eigenvalue weighted by atomic mass is 32.2. The molecule has 1 aliphatic heterocycles. The number of thiazole rings is 1. The van der Waals surface area contributed by atoms with Crippen LogP contribution in [0.4, 0.5) is 5.69 Å². The summed E-state index contributed by atoms with van der Waals surface area (Å²) in [6.45, 7) is 2.32. The van der Waals surface area contributed by atoms with E-state index in [2.05, 4.69) is 4.98 Å². The van der Waals surface area contributed by atoms with E-state index in [-0.39, 0.29) is 12.5 Å². The second kappa shape index (κ2) is 8.80. The Kier molecular flexibility index (Phi) is 5.97. The number of fused-ring (bicyclic) bond motifs is 1. The molecule has 0 bridgehead atoms. The van der Waals surface area contributed by atoms with Crippen molar-refractivity contribution >= 4 is 40.7 Å². The number of carbonyl (C=O) groups excluding carboxylic acids is 2. The quantitative estimate of drug-likeness (QED) is 0.431. The maximum absolute atomic E-state index is 12.6. The highest BCUT2D eigenvalue weighted by Crippen LogP contribution is 2.29. The van der Waals surface area contributed by atoms with Crippen LogP contribution in [-0.4, -0.2) is 30.0 Å². The van der Waals surface area contributed by atoms with Crippen molar-refractivity contribution in [3.63, 3.8) is 0 Å². The SMILES string of the molecule is Cc1csc(SCc2ccccc2C(=O)OCC(=O)N2CCc3ccccc32)n1. The van der Waals surface area contributed by atoms with E-state index in [0.717, 1.165) is 33.3 Å². The first-order chi connectivity index (χ1) is 14.1. The number of thioether (sulfide) groups is 1. The van der Waals surface area contributed by atoms with Gasteiger partial charge in [0.15, 0.2) is 6.61 Å². The molecule has 0 atom stereocenters. The van der Waals surface area contributed by atoms with Crippen molar-refractivity contribution in [3.05, 3.63) is 76.3 Å². The van der Waals surface area contributed by atoms with Gasteiger partial charge in [-0.15, -0.1) is 11.3 Å². The molecule has 1 aliphatic rings. The molecule has 1 amide bonds. The molecule has 2 aromatic carbocycles. The van der Waals surface area contributed by atoms with E-state index in [0.29, 0.717) is 17.9 Å². The Labute approximate surface area is 177 Å². The maximum atomic E-state index is 12.6. The van der Waals surface area contributed by atoms with Gasteiger partial charge in [-0.25, -0.2) is 9.78 Å². The number of aromatic nitrogens is 1. The molecule has 148 valence electrons. The van der Waals surface area contributed by atoms with E-state index < -0.39 is 5.97 Å². The van der Waals surface area contributed by atoms with Gasteiger partial charge in [-0.05, 0) is 36.6 Å². The number of para-hydroxylation sites is 1. The first-order valence-corrected chi connectivity index (χ1v) is 11.2. The number of amides is 1. The average Bonchev–Trinajstić information content (AvgIpc) is 3.36. The minimum absolute atomic E-state index is 0.201. The van der Waals surface area contributed by atoms with E-state index in [4.69, 9.17) is 4.74 Å². The zero-order valence-electron chi connectivity index (χ0n) is 16.0. The predicted molar refractivity (Wildman–Crippen MR) is 116 cm³/mol. The van der Waals surface area contributed by atoms with Crippen molar-refractivity contribution in [3.8, 4) is 0 Å². The molecule has 7 heteroatoms. The number of anilines is 1. The number of esters is 1. The van der Waals surface area contributed by atoms with E-state index in [1.807, 2.05) is 48.7 Å². The third-order valence-electron chi connectivity index (χ3n) is 4.70. The summed E-state index contributed by atoms with van der Waals surface area (Å²) in [7, 11) is 0. The molecule has 0 saturated heterocycles. The Hall–Kier alpha value is -2.64. The predicted octanol–water partition coefficient (Wildman–Crippen LogP) is 4.49. The Bertz CT molecular complexity index is 1050. The summed E-state index contributed by atoms with van der Waals surface area (Å²) in [5.41, 5.74) is 4.40. The first-order valence-electron chi connectivity index (χ1n) is 9.30. The van der Waals surface area contributed by atoms with Crippen LogP contribution in [0.2, 0.25) is 0 Å².